The summed E-state index contributed by atoms with van der Waals surface area (Å²) >= 11 is 11.7. The highest BCUT2D eigenvalue weighted by atomic mass is 35.5. The second-order valence-electron chi connectivity index (χ2n) is 6.00. The van der Waals surface area contributed by atoms with Gasteiger partial charge >= 0.3 is 0 Å². The lowest BCUT2D eigenvalue weighted by molar-refractivity contribution is 0.130. The van der Waals surface area contributed by atoms with Gasteiger partial charge in [0.1, 0.15) is 0 Å². The van der Waals surface area contributed by atoms with Gasteiger partial charge in [0.25, 0.3) is 0 Å². The van der Waals surface area contributed by atoms with Crippen molar-refractivity contribution in [3.8, 4) is 0 Å². The molecule has 24 heavy (non-hydrogen) atoms. The first-order valence-electron chi connectivity index (χ1n) is 7.33. The van der Waals surface area contributed by atoms with Gasteiger partial charge in [-0.2, -0.15) is 0 Å². The number of benzene rings is 2. The van der Waals surface area contributed by atoms with Crippen LogP contribution in [-0.4, -0.2) is 37.1 Å². The maximum absolute atomic E-state index is 13.0. The van der Waals surface area contributed by atoms with E-state index in [0.29, 0.717) is 10.0 Å². The monoisotopic (exact) mass is 386 g/mol. The Hall–Kier alpha value is -1.11. The molecule has 7 heteroatoms. The molecule has 0 aromatic heterocycles. The van der Waals surface area contributed by atoms with Crippen LogP contribution in [0.1, 0.15) is 11.5 Å². The van der Waals surface area contributed by atoms with E-state index in [1.165, 1.54) is 24.3 Å². The van der Waals surface area contributed by atoms with Crippen molar-refractivity contribution in [3.63, 3.8) is 0 Å². The van der Waals surface area contributed by atoms with Gasteiger partial charge in [0, 0.05) is 21.4 Å². The van der Waals surface area contributed by atoms with E-state index in [0.717, 1.165) is 5.56 Å². The first-order chi connectivity index (χ1) is 11.4. The van der Waals surface area contributed by atoms with Crippen molar-refractivity contribution in [1.29, 1.82) is 0 Å². The molecule has 0 amide bonds. The Labute approximate surface area is 150 Å². The third kappa shape index (κ3) is 2.74. The van der Waals surface area contributed by atoms with Gasteiger partial charge in [-0.15, -0.1) is 0 Å². The highest BCUT2D eigenvalue weighted by molar-refractivity contribution is 7.92. The van der Waals surface area contributed by atoms with Crippen LogP contribution in [0.4, 0.5) is 0 Å². The molecule has 2 aromatic rings. The average Bonchev–Trinajstić information content (AvgIpc) is 3.26. The molecule has 1 fully saturated rings. The number of hydrogen-bond donors (Lipinski definition) is 2. The van der Waals surface area contributed by atoms with Crippen LogP contribution in [-0.2, 0) is 9.84 Å². The minimum absolute atomic E-state index is 0.125. The van der Waals surface area contributed by atoms with E-state index in [1.54, 1.807) is 24.3 Å². The van der Waals surface area contributed by atoms with Gasteiger partial charge in [-0.3, -0.25) is 0 Å². The molecule has 0 spiro atoms. The molecule has 0 bridgehead atoms. The van der Waals surface area contributed by atoms with Crippen LogP contribution in [0.15, 0.2) is 53.4 Å². The number of hydrogen-bond acceptors (Lipinski definition) is 4. The third-order valence-electron chi connectivity index (χ3n) is 4.67. The van der Waals surface area contributed by atoms with Crippen LogP contribution in [0.3, 0.4) is 0 Å². The summed E-state index contributed by atoms with van der Waals surface area (Å²) in [4.78, 5) is 0.125. The number of aliphatic hydroxyl groups is 2. The molecule has 0 radical (unpaired) electrons. The van der Waals surface area contributed by atoms with E-state index in [9.17, 15) is 18.6 Å². The summed E-state index contributed by atoms with van der Waals surface area (Å²) in [6.07, 6.45) is 0. The van der Waals surface area contributed by atoms with Crippen molar-refractivity contribution in [2.45, 2.75) is 16.1 Å². The lowest BCUT2D eigenvalue weighted by Crippen LogP contribution is -2.23. The molecule has 0 unspecified atom stereocenters. The Morgan fingerprint density at radius 1 is 0.875 bits per heavy atom. The quantitative estimate of drug-likeness (QED) is 0.828. The maximum atomic E-state index is 13.0. The molecule has 2 N–H and O–H groups in total. The van der Waals surface area contributed by atoms with Gasteiger partial charge in [-0.1, -0.05) is 35.3 Å². The smallest absolute Gasteiger partial charge is 0.182 e. The molecule has 3 rings (SSSR count). The highest BCUT2D eigenvalue weighted by Gasteiger charge is 2.70. The summed E-state index contributed by atoms with van der Waals surface area (Å²) in [7, 11) is -3.73. The number of aliphatic hydroxyl groups excluding tert-OH is 2. The van der Waals surface area contributed by atoms with Gasteiger partial charge < -0.3 is 10.2 Å². The SMILES string of the molecule is O=S(=O)(c1ccc(Cl)cc1)[C@H]1[C@@H](c2ccc(Cl)cc2)C1(CO)CO. The zero-order chi connectivity index (χ0) is 17.5. The largest absolute Gasteiger partial charge is 0.396 e. The van der Waals surface area contributed by atoms with Crippen molar-refractivity contribution >= 4 is 33.0 Å². The molecule has 4 nitrogen and oxygen atoms in total. The molecule has 1 aliphatic carbocycles. The average molecular weight is 387 g/mol. The van der Waals surface area contributed by atoms with Gasteiger partial charge in [-0.05, 0) is 42.0 Å². The second kappa shape index (κ2) is 6.32. The Kier molecular flexibility index (Phi) is 4.66. The van der Waals surface area contributed by atoms with Crippen LogP contribution in [0.2, 0.25) is 10.0 Å². The zero-order valence-electron chi connectivity index (χ0n) is 12.6. The summed E-state index contributed by atoms with van der Waals surface area (Å²) in [6, 6.07) is 12.7. The summed E-state index contributed by atoms with van der Waals surface area (Å²) in [5.41, 5.74) is -0.378. The first kappa shape index (κ1) is 17.7. The maximum Gasteiger partial charge on any atom is 0.182 e. The number of sulfone groups is 1. The Balaban J connectivity index is 2.04. The van der Waals surface area contributed by atoms with E-state index in [1.807, 2.05) is 0 Å². The molecule has 1 saturated carbocycles. The van der Waals surface area contributed by atoms with Gasteiger partial charge in [0.15, 0.2) is 9.84 Å². The van der Waals surface area contributed by atoms with Crippen molar-refractivity contribution < 1.29 is 18.6 Å². The van der Waals surface area contributed by atoms with Crippen LogP contribution in [0, 0.1) is 5.41 Å². The number of rotatable bonds is 5. The minimum atomic E-state index is -3.73. The molecular weight excluding hydrogens is 371 g/mol. The van der Waals surface area contributed by atoms with E-state index >= 15 is 0 Å². The number of halogens is 2. The molecule has 1 aliphatic rings. The topological polar surface area (TPSA) is 74.6 Å². The second-order valence-corrected chi connectivity index (χ2v) is 8.94. The Bertz CT molecular complexity index is 828. The van der Waals surface area contributed by atoms with Gasteiger partial charge in [0.05, 0.1) is 23.4 Å². The lowest BCUT2D eigenvalue weighted by Gasteiger charge is -2.11. The predicted molar refractivity (Wildman–Crippen MR) is 93.2 cm³/mol. The van der Waals surface area contributed by atoms with E-state index in [4.69, 9.17) is 23.2 Å². The van der Waals surface area contributed by atoms with Crippen molar-refractivity contribution in [2.24, 2.45) is 5.41 Å². The minimum Gasteiger partial charge on any atom is -0.396 e. The van der Waals surface area contributed by atoms with Crippen molar-refractivity contribution in [3.05, 3.63) is 64.1 Å². The molecule has 0 aliphatic heterocycles. The van der Waals surface area contributed by atoms with Crippen LogP contribution < -0.4 is 0 Å². The molecule has 2 aromatic carbocycles. The van der Waals surface area contributed by atoms with E-state index < -0.39 is 39.6 Å². The highest BCUT2D eigenvalue weighted by Crippen LogP contribution is 2.63. The molecule has 128 valence electrons. The molecular formula is C17H16Cl2O4S. The summed E-state index contributed by atoms with van der Waals surface area (Å²) in [6.45, 7) is -0.845. The molecule has 0 saturated heterocycles. The van der Waals surface area contributed by atoms with Crippen LogP contribution in [0.5, 0.6) is 0 Å². The fourth-order valence-electron chi connectivity index (χ4n) is 3.32. The van der Waals surface area contributed by atoms with Crippen LogP contribution in [0.25, 0.3) is 0 Å². The van der Waals surface area contributed by atoms with Crippen molar-refractivity contribution in [2.75, 3.05) is 13.2 Å². The third-order valence-corrected chi connectivity index (χ3v) is 7.52. The standard InChI is InChI=1S/C17H16Cl2O4S/c18-12-3-1-11(2-4-12)15-16(17(15,9-20)10-21)24(22,23)14-7-5-13(19)6-8-14/h1-8,15-16,20-21H,9-10H2/t15-,16+/m1/s1. The summed E-state index contributed by atoms with van der Waals surface area (Å²) in [5, 5.41) is 19.7. The predicted octanol–water partition coefficient (Wildman–Crippen LogP) is 2.90. The Morgan fingerprint density at radius 2 is 1.33 bits per heavy atom. The first-order valence-corrected chi connectivity index (χ1v) is 9.64. The Morgan fingerprint density at radius 3 is 1.79 bits per heavy atom. The summed E-state index contributed by atoms with van der Waals surface area (Å²) in [5.74, 6) is -0.495. The van der Waals surface area contributed by atoms with Crippen molar-refractivity contribution in [1.82, 2.24) is 0 Å². The van der Waals surface area contributed by atoms with Gasteiger partial charge in [-0.25, -0.2) is 8.42 Å². The van der Waals surface area contributed by atoms with Crippen LogP contribution >= 0.6 is 23.2 Å². The lowest BCUT2D eigenvalue weighted by atomic mass is 10.0. The summed E-state index contributed by atoms with van der Waals surface area (Å²) < 4.78 is 26.0. The molecule has 2 atom stereocenters. The van der Waals surface area contributed by atoms with E-state index in [-0.39, 0.29) is 4.90 Å². The molecule has 0 heterocycles. The zero-order valence-corrected chi connectivity index (χ0v) is 14.9. The fourth-order valence-corrected chi connectivity index (χ4v) is 6.00. The van der Waals surface area contributed by atoms with E-state index in [2.05, 4.69) is 0 Å². The van der Waals surface area contributed by atoms with Gasteiger partial charge in [0.2, 0.25) is 0 Å². The normalized spacial score (nSPS) is 22.3. The fraction of sp³-hybridized carbons (Fsp3) is 0.294.